The molecule has 2 aromatic heterocycles. The van der Waals surface area contributed by atoms with Crippen LogP contribution in [-0.2, 0) is 6.54 Å². The van der Waals surface area contributed by atoms with Gasteiger partial charge in [-0.2, -0.15) is 9.61 Å². The fourth-order valence-electron chi connectivity index (χ4n) is 0.917. The average molecular weight is 222 g/mol. The molecule has 0 amide bonds. The van der Waals surface area contributed by atoms with E-state index in [9.17, 15) is 0 Å². The van der Waals surface area contributed by atoms with Crippen molar-refractivity contribution in [1.29, 1.82) is 0 Å². The van der Waals surface area contributed by atoms with Gasteiger partial charge in [0.1, 0.15) is 0 Å². The molecule has 2 aromatic rings. The van der Waals surface area contributed by atoms with Gasteiger partial charge < -0.3 is 5.73 Å². The molecule has 0 aromatic carbocycles. The Bertz CT molecular complexity index is 374. The summed E-state index contributed by atoms with van der Waals surface area (Å²) in [6.07, 6.45) is 1.68. The van der Waals surface area contributed by atoms with E-state index < -0.39 is 0 Å². The molecule has 2 N–H and O–H groups in total. The second-order valence-corrected chi connectivity index (χ2v) is 2.11. The Morgan fingerprint density at radius 2 is 2.08 bits per heavy atom. The van der Waals surface area contributed by atoms with Gasteiger partial charge in [0.15, 0.2) is 11.5 Å². The van der Waals surface area contributed by atoms with E-state index in [0.717, 1.165) is 5.65 Å². The van der Waals surface area contributed by atoms with Crippen LogP contribution in [0.15, 0.2) is 18.3 Å². The number of aromatic nitrogens is 4. The molecule has 0 aliphatic heterocycles. The summed E-state index contributed by atoms with van der Waals surface area (Å²) in [6.45, 7) is 0.359. The van der Waals surface area contributed by atoms with Crippen molar-refractivity contribution in [3.8, 4) is 0 Å². The fourth-order valence-corrected chi connectivity index (χ4v) is 0.917. The molecule has 0 atom stereocenters. The molecule has 0 aliphatic rings. The lowest BCUT2D eigenvalue weighted by Gasteiger charge is -1.91. The van der Waals surface area contributed by atoms with Crippen molar-refractivity contribution < 1.29 is 0 Å². The number of nitrogens with zero attached hydrogens (tertiary/aromatic N) is 4. The third-order valence-corrected chi connectivity index (χ3v) is 1.43. The number of hydrogen-bond acceptors (Lipinski definition) is 4. The lowest BCUT2D eigenvalue weighted by molar-refractivity contribution is 0.808. The zero-order chi connectivity index (χ0) is 7.68. The molecule has 0 saturated heterocycles. The molecular formula is C6H9Cl2N5. The van der Waals surface area contributed by atoms with Crippen molar-refractivity contribution >= 4 is 30.5 Å². The second-order valence-electron chi connectivity index (χ2n) is 2.11. The minimum absolute atomic E-state index is 0. The normalized spacial score (nSPS) is 9.00. The molecule has 0 spiro atoms. The van der Waals surface area contributed by atoms with Gasteiger partial charge in [-0.25, -0.2) is 0 Å². The summed E-state index contributed by atoms with van der Waals surface area (Å²) in [6, 6.07) is 3.64. The maximum atomic E-state index is 5.40. The average Bonchev–Trinajstić information content (AvgIpc) is 2.47. The van der Waals surface area contributed by atoms with Crippen LogP contribution >= 0.6 is 24.8 Å². The van der Waals surface area contributed by atoms with Gasteiger partial charge in [0.2, 0.25) is 0 Å². The zero-order valence-corrected chi connectivity index (χ0v) is 8.25. The number of rotatable bonds is 1. The molecule has 5 nitrogen and oxygen atoms in total. The van der Waals surface area contributed by atoms with Crippen molar-refractivity contribution in [3.05, 3.63) is 24.2 Å². The lowest BCUT2D eigenvalue weighted by atomic mass is 10.5. The summed E-state index contributed by atoms with van der Waals surface area (Å²) in [5.41, 5.74) is 6.13. The molecule has 0 saturated carbocycles. The smallest absolute Gasteiger partial charge is 0.177 e. The van der Waals surface area contributed by atoms with Crippen molar-refractivity contribution in [2.45, 2.75) is 6.54 Å². The Morgan fingerprint density at radius 1 is 1.31 bits per heavy atom. The van der Waals surface area contributed by atoms with E-state index in [2.05, 4.69) is 15.3 Å². The predicted molar refractivity (Wildman–Crippen MR) is 53.2 cm³/mol. The Hall–Kier alpha value is -0.910. The summed E-state index contributed by atoms with van der Waals surface area (Å²) >= 11 is 0. The van der Waals surface area contributed by atoms with Gasteiger partial charge in [-0.1, -0.05) is 0 Å². The third kappa shape index (κ3) is 2.06. The Morgan fingerprint density at radius 3 is 2.77 bits per heavy atom. The van der Waals surface area contributed by atoms with E-state index in [1.807, 2.05) is 12.1 Å². The molecular weight excluding hydrogens is 213 g/mol. The first-order chi connectivity index (χ1) is 5.42. The first-order valence-electron chi connectivity index (χ1n) is 3.27. The first kappa shape index (κ1) is 12.1. The molecule has 0 aliphatic carbocycles. The van der Waals surface area contributed by atoms with Crippen LogP contribution in [0.2, 0.25) is 0 Å². The number of nitrogens with two attached hydrogens (primary N) is 1. The van der Waals surface area contributed by atoms with E-state index in [1.165, 1.54) is 0 Å². The quantitative estimate of drug-likeness (QED) is 0.759. The van der Waals surface area contributed by atoms with Crippen LogP contribution < -0.4 is 5.73 Å². The highest BCUT2D eigenvalue weighted by Crippen LogP contribution is 1.97. The van der Waals surface area contributed by atoms with Crippen LogP contribution in [0, 0.1) is 0 Å². The van der Waals surface area contributed by atoms with Crippen LogP contribution in [0.5, 0.6) is 0 Å². The largest absolute Gasteiger partial charge is 0.324 e. The Labute approximate surface area is 87.2 Å². The summed E-state index contributed by atoms with van der Waals surface area (Å²) in [7, 11) is 0. The Balaban J connectivity index is 0.000000720. The molecule has 7 heteroatoms. The van der Waals surface area contributed by atoms with Crippen LogP contribution in [0.1, 0.15) is 5.82 Å². The highest BCUT2D eigenvalue weighted by Gasteiger charge is 2.01. The Kier molecular flexibility index (Phi) is 4.61. The molecule has 0 bridgehead atoms. The van der Waals surface area contributed by atoms with Crippen LogP contribution in [-0.4, -0.2) is 19.8 Å². The minimum atomic E-state index is 0. The zero-order valence-electron chi connectivity index (χ0n) is 6.62. The van der Waals surface area contributed by atoms with Gasteiger partial charge >= 0.3 is 0 Å². The minimum Gasteiger partial charge on any atom is -0.324 e. The van der Waals surface area contributed by atoms with E-state index in [4.69, 9.17) is 5.73 Å². The monoisotopic (exact) mass is 221 g/mol. The summed E-state index contributed by atoms with van der Waals surface area (Å²) in [4.78, 5) is 0. The van der Waals surface area contributed by atoms with Crippen LogP contribution in [0.3, 0.4) is 0 Å². The van der Waals surface area contributed by atoms with Crippen molar-refractivity contribution in [2.24, 2.45) is 5.73 Å². The van der Waals surface area contributed by atoms with E-state index in [-0.39, 0.29) is 24.8 Å². The first-order valence-corrected chi connectivity index (χ1v) is 3.27. The molecule has 13 heavy (non-hydrogen) atoms. The summed E-state index contributed by atoms with van der Waals surface area (Å²) in [5, 5.41) is 11.7. The van der Waals surface area contributed by atoms with Gasteiger partial charge in [-0.3, -0.25) is 0 Å². The number of halogens is 2. The topological polar surface area (TPSA) is 69.1 Å². The van der Waals surface area contributed by atoms with Gasteiger partial charge in [-0.15, -0.1) is 35.0 Å². The summed E-state index contributed by atoms with van der Waals surface area (Å²) < 4.78 is 1.62. The van der Waals surface area contributed by atoms with Gasteiger partial charge in [0.25, 0.3) is 0 Å². The van der Waals surface area contributed by atoms with Gasteiger partial charge in [0.05, 0.1) is 6.54 Å². The van der Waals surface area contributed by atoms with E-state index in [0.29, 0.717) is 12.4 Å². The number of fused-ring (bicyclic) bond motifs is 1. The van der Waals surface area contributed by atoms with Gasteiger partial charge in [-0.05, 0) is 12.1 Å². The molecule has 0 fully saturated rings. The summed E-state index contributed by atoms with van der Waals surface area (Å²) in [5.74, 6) is 0.681. The molecule has 0 radical (unpaired) electrons. The molecule has 2 heterocycles. The fraction of sp³-hybridized carbons (Fsp3) is 0.167. The van der Waals surface area contributed by atoms with Crippen molar-refractivity contribution in [1.82, 2.24) is 19.8 Å². The SMILES string of the molecule is Cl.Cl.NCc1nnc2cccnn12. The van der Waals surface area contributed by atoms with E-state index in [1.54, 1.807) is 10.7 Å². The second kappa shape index (κ2) is 4.96. The maximum absolute atomic E-state index is 5.40. The maximum Gasteiger partial charge on any atom is 0.177 e. The third-order valence-electron chi connectivity index (χ3n) is 1.43. The lowest BCUT2D eigenvalue weighted by Crippen LogP contribution is -2.04. The van der Waals surface area contributed by atoms with Crippen LogP contribution in [0.4, 0.5) is 0 Å². The highest BCUT2D eigenvalue weighted by molar-refractivity contribution is 5.85. The molecule has 2 rings (SSSR count). The number of hydrogen-bond donors (Lipinski definition) is 1. The van der Waals surface area contributed by atoms with Gasteiger partial charge in [0, 0.05) is 6.20 Å². The molecule has 72 valence electrons. The molecule has 0 unspecified atom stereocenters. The van der Waals surface area contributed by atoms with E-state index >= 15 is 0 Å². The van der Waals surface area contributed by atoms with Crippen molar-refractivity contribution in [2.75, 3.05) is 0 Å². The standard InChI is InChI=1S/C6H7N5.2ClH/c7-4-6-10-9-5-2-1-3-8-11(5)6;;/h1-3H,4,7H2;2*1H. The van der Waals surface area contributed by atoms with Crippen LogP contribution in [0.25, 0.3) is 5.65 Å². The highest BCUT2D eigenvalue weighted by atomic mass is 35.5. The predicted octanol–water partition coefficient (Wildman–Crippen LogP) is 0.427. The van der Waals surface area contributed by atoms with Crippen molar-refractivity contribution in [3.63, 3.8) is 0 Å².